The number of carbonyl (C=O) groups excluding carboxylic acids is 1. The second-order valence-corrected chi connectivity index (χ2v) is 4.71. The van der Waals surface area contributed by atoms with Crippen LogP contribution < -0.4 is 5.32 Å². The van der Waals surface area contributed by atoms with Gasteiger partial charge in [0.05, 0.1) is 0 Å². The van der Waals surface area contributed by atoms with E-state index in [1.807, 2.05) is 4.90 Å². The molecule has 0 spiro atoms. The zero-order valence-corrected chi connectivity index (χ0v) is 10.0. The molecule has 0 bridgehead atoms. The molecule has 0 aromatic carbocycles. The zero-order chi connectivity index (χ0) is 11.3. The van der Waals surface area contributed by atoms with Gasteiger partial charge in [0.1, 0.15) is 0 Å². The molecule has 1 rings (SSSR count). The van der Waals surface area contributed by atoms with Gasteiger partial charge in [-0.15, -0.1) is 0 Å². The second-order valence-electron chi connectivity index (χ2n) is 4.71. The van der Waals surface area contributed by atoms with Crippen molar-refractivity contribution in [3.05, 3.63) is 0 Å². The Balaban J connectivity index is 2.41. The normalized spacial score (nSPS) is 21.5. The summed E-state index contributed by atoms with van der Waals surface area (Å²) in [6.07, 6.45) is 1.50. The molecule has 0 aromatic heterocycles. The van der Waals surface area contributed by atoms with Gasteiger partial charge in [-0.25, -0.2) is 0 Å². The SMILES string of the molecule is COCCCN1CCNC(C)(C)CC1=O. The molecule has 0 aromatic rings. The molecular weight excluding hydrogens is 192 g/mol. The van der Waals surface area contributed by atoms with E-state index in [1.165, 1.54) is 0 Å². The minimum Gasteiger partial charge on any atom is -0.385 e. The van der Waals surface area contributed by atoms with Crippen LogP contribution in [0.15, 0.2) is 0 Å². The maximum absolute atomic E-state index is 11.9. The minimum atomic E-state index is -0.0624. The summed E-state index contributed by atoms with van der Waals surface area (Å²) >= 11 is 0. The van der Waals surface area contributed by atoms with Gasteiger partial charge in [0, 0.05) is 45.3 Å². The average Bonchev–Trinajstić information content (AvgIpc) is 2.25. The highest BCUT2D eigenvalue weighted by Gasteiger charge is 2.27. The van der Waals surface area contributed by atoms with Crippen molar-refractivity contribution in [1.29, 1.82) is 0 Å². The fourth-order valence-corrected chi connectivity index (χ4v) is 1.84. The molecule has 4 nitrogen and oxygen atoms in total. The number of rotatable bonds is 4. The summed E-state index contributed by atoms with van der Waals surface area (Å²) in [4.78, 5) is 13.8. The molecule has 0 aliphatic carbocycles. The van der Waals surface area contributed by atoms with Crippen LogP contribution >= 0.6 is 0 Å². The molecule has 1 amide bonds. The lowest BCUT2D eigenvalue weighted by Crippen LogP contribution is -2.39. The predicted octanol–water partition coefficient (Wildman–Crippen LogP) is 0.623. The lowest BCUT2D eigenvalue weighted by atomic mass is 10.0. The van der Waals surface area contributed by atoms with Crippen LogP contribution in [0.2, 0.25) is 0 Å². The quantitative estimate of drug-likeness (QED) is 0.698. The zero-order valence-electron chi connectivity index (χ0n) is 10.0. The first-order valence-electron chi connectivity index (χ1n) is 5.57. The van der Waals surface area contributed by atoms with Gasteiger partial charge in [-0.3, -0.25) is 4.79 Å². The van der Waals surface area contributed by atoms with Crippen molar-refractivity contribution in [2.45, 2.75) is 32.2 Å². The Hall–Kier alpha value is -0.610. The van der Waals surface area contributed by atoms with Crippen molar-refractivity contribution in [1.82, 2.24) is 10.2 Å². The van der Waals surface area contributed by atoms with E-state index >= 15 is 0 Å². The smallest absolute Gasteiger partial charge is 0.224 e. The molecule has 0 unspecified atom stereocenters. The first kappa shape index (κ1) is 12.5. The van der Waals surface area contributed by atoms with Gasteiger partial charge >= 0.3 is 0 Å². The molecule has 4 heteroatoms. The number of nitrogens with zero attached hydrogens (tertiary/aromatic N) is 1. The summed E-state index contributed by atoms with van der Waals surface area (Å²) in [7, 11) is 1.69. The van der Waals surface area contributed by atoms with Crippen LogP contribution in [0.5, 0.6) is 0 Å². The molecule has 15 heavy (non-hydrogen) atoms. The summed E-state index contributed by atoms with van der Waals surface area (Å²) in [5.41, 5.74) is -0.0624. The summed E-state index contributed by atoms with van der Waals surface area (Å²) in [5, 5.41) is 3.38. The van der Waals surface area contributed by atoms with E-state index in [4.69, 9.17) is 4.74 Å². The Morgan fingerprint density at radius 2 is 2.27 bits per heavy atom. The van der Waals surface area contributed by atoms with Crippen molar-refractivity contribution < 1.29 is 9.53 Å². The van der Waals surface area contributed by atoms with Crippen LogP contribution in [-0.4, -0.2) is 49.7 Å². The van der Waals surface area contributed by atoms with Gasteiger partial charge in [0.2, 0.25) is 5.91 Å². The highest BCUT2D eigenvalue weighted by atomic mass is 16.5. The third kappa shape index (κ3) is 4.18. The molecule has 88 valence electrons. The van der Waals surface area contributed by atoms with Gasteiger partial charge in [-0.2, -0.15) is 0 Å². The first-order chi connectivity index (χ1) is 7.05. The fourth-order valence-electron chi connectivity index (χ4n) is 1.84. The number of carbonyl (C=O) groups is 1. The highest BCUT2D eigenvalue weighted by Crippen LogP contribution is 2.13. The van der Waals surface area contributed by atoms with Gasteiger partial charge in [0.15, 0.2) is 0 Å². The number of hydrogen-bond donors (Lipinski definition) is 1. The third-order valence-electron chi connectivity index (χ3n) is 2.71. The fraction of sp³-hybridized carbons (Fsp3) is 0.909. The van der Waals surface area contributed by atoms with Crippen molar-refractivity contribution in [2.24, 2.45) is 0 Å². The summed E-state index contributed by atoms with van der Waals surface area (Å²) in [6, 6.07) is 0. The van der Waals surface area contributed by atoms with Crippen LogP contribution in [0.4, 0.5) is 0 Å². The summed E-state index contributed by atoms with van der Waals surface area (Å²) in [5.74, 6) is 0.251. The van der Waals surface area contributed by atoms with Crippen LogP contribution in [0, 0.1) is 0 Å². The number of nitrogens with one attached hydrogen (secondary N) is 1. The van der Waals surface area contributed by atoms with E-state index in [0.29, 0.717) is 6.42 Å². The number of amides is 1. The molecule has 1 aliphatic heterocycles. The van der Waals surface area contributed by atoms with Crippen molar-refractivity contribution in [3.63, 3.8) is 0 Å². The monoisotopic (exact) mass is 214 g/mol. The average molecular weight is 214 g/mol. The summed E-state index contributed by atoms with van der Waals surface area (Å²) < 4.78 is 4.99. The maximum atomic E-state index is 11.9. The Morgan fingerprint density at radius 1 is 1.53 bits per heavy atom. The Labute approximate surface area is 92.0 Å². The molecule has 1 N–H and O–H groups in total. The molecule has 0 radical (unpaired) electrons. The lowest BCUT2D eigenvalue weighted by Gasteiger charge is -2.23. The van der Waals surface area contributed by atoms with Gasteiger partial charge in [-0.05, 0) is 20.3 Å². The van der Waals surface area contributed by atoms with Crippen molar-refractivity contribution in [3.8, 4) is 0 Å². The van der Waals surface area contributed by atoms with Crippen LogP contribution in [0.3, 0.4) is 0 Å². The highest BCUT2D eigenvalue weighted by molar-refractivity contribution is 5.77. The van der Waals surface area contributed by atoms with Crippen LogP contribution in [0.25, 0.3) is 0 Å². The lowest BCUT2D eigenvalue weighted by molar-refractivity contribution is -0.131. The molecule has 0 atom stereocenters. The summed E-state index contributed by atoms with van der Waals surface area (Å²) in [6.45, 7) is 7.37. The van der Waals surface area contributed by atoms with E-state index in [9.17, 15) is 4.79 Å². The van der Waals surface area contributed by atoms with E-state index in [0.717, 1.165) is 32.7 Å². The van der Waals surface area contributed by atoms with E-state index in [1.54, 1.807) is 7.11 Å². The Kier molecular flexibility index (Phi) is 4.54. The maximum Gasteiger partial charge on any atom is 0.224 e. The molecule has 1 fully saturated rings. The van der Waals surface area contributed by atoms with E-state index in [2.05, 4.69) is 19.2 Å². The van der Waals surface area contributed by atoms with Crippen molar-refractivity contribution >= 4 is 5.91 Å². The molecule has 1 saturated heterocycles. The molecular formula is C11H22N2O2. The third-order valence-corrected chi connectivity index (χ3v) is 2.71. The van der Waals surface area contributed by atoms with Crippen LogP contribution in [0.1, 0.15) is 26.7 Å². The number of methoxy groups -OCH3 is 1. The number of hydrogen-bond acceptors (Lipinski definition) is 3. The largest absolute Gasteiger partial charge is 0.385 e. The molecule has 1 aliphatic rings. The first-order valence-corrected chi connectivity index (χ1v) is 5.57. The molecule has 1 heterocycles. The van der Waals surface area contributed by atoms with E-state index < -0.39 is 0 Å². The second kappa shape index (κ2) is 5.47. The minimum absolute atomic E-state index is 0.0624. The van der Waals surface area contributed by atoms with Gasteiger partial charge in [0.25, 0.3) is 0 Å². The predicted molar refractivity (Wildman–Crippen MR) is 59.8 cm³/mol. The number of ether oxygens (including phenoxy) is 1. The Morgan fingerprint density at radius 3 is 2.93 bits per heavy atom. The van der Waals surface area contributed by atoms with E-state index in [-0.39, 0.29) is 11.4 Å². The topological polar surface area (TPSA) is 41.6 Å². The van der Waals surface area contributed by atoms with Gasteiger partial charge < -0.3 is 15.0 Å². The van der Waals surface area contributed by atoms with Gasteiger partial charge in [-0.1, -0.05) is 0 Å². The van der Waals surface area contributed by atoms with Crippen molar-refractivity contribution in [2.75, 3.05) is 33.4 Å². The standard InChI is InChI=1S/C11H22N2O2/c1-11(2)9-10(14)13(7-5-12-11)6-4-8-15-3/h12H,4-9H2,1-3H3. The molecule has 0 saturated carbocycles. The van der Waals surface area contributed by atoms with Crippen LogP contribution in [-0.2, 0) is 9.53 Å². The Bertz CT molecular complexity index is 217.